The standard InChI is InChI=1S/C16H22N2S/c1-10-4-6-13(12(3)8-10)17-16-18-14-9-11(2)5-7-15(14)19-16/h5,7,9-10,12-13H,4,6,8H2,1-3H3,(H,17,18). The van der Waals surface area contributed by atoms with Crippen molar-refractivity contribution in [2.24, 2.45) is 11.8 Å². The summed E-state index contributed by atoms with van der Waals surface area (Å²) >= 11 is 1.78. The summed E-state index contributed by atoms with van der Waals surface area (Å²) in [5, 5.41) is 4.76. The average Bonchev–Trinajstić information content (AvgIpc) is 2.74. The number of anilines is 1. The summed E-state index contributed by atoms with van der Waals surface area (Å²) in [7, 11) is 0. The van der Waals surface area contributed by atoms with E-state index in [4.69, 9.17) is 4.98 Å². The van der Waals surface area contributed by atoms with E-state index in [1.807, 2.05) is 0 Å². The topological polar surface area (TPSA) is 24.9 Å². The van der Waals surface area contributed by atoms with Gasteiger partial charge in [0.15, 0.2) is 5.13 Å². The van der Waals surface area contributed by atoms with E-state index in [0.717, 1.165) is 22.5 Å². The molecular weight excluding hydrogens is 252 g/mol. The van der Waals surface area contributed by atoms with Crippen molar-refractivity contribution in [3.05, 3.63) is 23.8 Å². The minimum atomic E-state index is 0.595. The van der Waals surface area contributed by atoms with Crippen molar-refractivity contribution in [1.29, 1.82) is 0 Å². The third-order valence-electron chi connectivity index (χ3n) is 4.28. The number of thiazole rings is 1. The third-order valence-corrected chi connectivity index (χ3v) is 5.25. The minimum absolute atomic E-state index is 0.595. The number of benzene rings is 1. The molecule has 0 radical (unpaired) electrons. The van der Waals surface area contributed by atoms with E-state index in [0.29, 0.717) is 6.04 Å². The molecule has 0 aliphatic heterocycles. The summed E-state index contributed by atoms with van der Waals surface area (Å²) in [4.78, 5) is 4.73. The third kappa shape index (κ3) is 2.76. The molecule has 0 amide bonds. The molecule has 1 aliphatic rings. The monoisotopic (exact) mass is 274 g/mol. The maximum absolute atomic E-state index is 4.73. The van der Waals surface area contributed by atoms with Gasteiger partial charge in [-0.2, -0.15) is 0 Å². The number of nitrogens with one attached hydrogen (secondary N) is 1. The zero-order valence-electron chi connectivity index (χ0n) is 11.9. The molecule has 2 aromatic rings. The SMILES string of the molecule is Cc1ccc2sc(NC3CCC(C)CC3C)nc2c1. The number of aromatic nitrogens is 1. The van der Waals surface area contributed by atoms with E-state index in [1.54, 1.807) is 11.3 Å². The maximum atomic E-state index is 4.73. The van der Waals surface area contributed by atoms with Crippen LogP contribution in [0.3, 0.4) is 0 Å². The lowest BCUT2D eigenvalue weighted by Crippen LogP contribution is -2.32. The molecule has 1 aromatic heterocycles. The molecule has 1 N–H and O–H groups in total. The molecule has 3 heteroatoms. The molecule has 1 saturated carbocycles. The highest BCUT2D eigenvalue weighted by Crippen LogP contribution is 2.33. The summed E-state index contributed by atoms with van der Waals surface area (Å²) in [6.07, 6.45) is 3.95. The van der Waals surface area contributed by atoms with Gasteiger partial charge in [0.05, 0.1) is 10.2 Å². The zero-order valence-corrected chi connectivity index (χ0v) is 12.8. The quantitative estimate of drug-likeness (QED) is 0.847. The fourth-order valence-electron chi connectivity index (χ4n) is 3.14. The smallest absolute Gasteiger partial charge is 0.184 e. The molecule has 2 nitrogen and oxygen atoms in total. The summed E-state index contributed by atoms with van der Waals surface area (Å²) in [6, 6.07) is 7.11. The predicted molar refractivity (Wildman–Crippen MR) is 83.9 cm³/mol. The normalized spacial score (nSPS) is 27.6. The molecule has 0 bridgehead atoms. The fraction of sp³-hybridized carbons (Fsp3) is 0.562. The van der Waals surface area contributed by atoms with Crippen LogP contribution in [0.5, 0.6) is 0 Å². The second-order valence-corrected chi connectivity index (χ2v) is 7.17. The van der Waals surface area contributed by atoms with Gasteiger partial charge in [0.1, 0.15) is 0 Å². The van der Waals surface area contributed by atoms with Gasteiger partial charge in [0, 0.05) is 6.04 Å². The van der Waals surface area contributed by atoms with Crippen molar-refractivity contribution >= 4 is 26.7 Å². The van der Waals surface area contributed by atoms with Crippen LogP contribution in [0, 0.1) is 18.8 Å². The first kappa shape index (κ1) is 12.9. The Hall–Kier alpha value is -1.09. The molecular formula is C16H22N2S. The molecule has 3 rings (SSSR count). The first-order valence-electron chi connectivity index (χ1n) is 7.25. The molecule has 1 fully saturated rings. The molecule has 3 atom stereocenters. The average molecular weight is 274 g/mol. The predicted octanol–water partition coefficient (Wildman–Crippen LogP) is 4.84. The van der Waals surface area contributed by atoms with Crippen LogP contribution in [-0.2, 0) is 0 Å². The van der Waals surface area contributed by atoms with E-state index < -0.39 is 0 Å². The summed E-state index contributed by atoms with van der Waals surface area (Å²) in [5.74, 6) is 1.63. The van der Waals surface area contributed by atoms with Crippen LogP contribution in [-0.4, -0.2) is 11.0 Å². The van der Waals surface area contributed by atoms with Gasteiger partial charge in [-0.05, 0) is 55.7 Å². The number of hydrogen-bond acceptors (Lipinski definition) is 3. The Labute approximate surface area is 119 Å². The Kier molecular flexibility index (Phi) is 3.48. The van der Waals surface area contributed by atoms with E-state index in [1.165, 1.54) is 29.5 Å². The van der Waals surface area contributed by atoms with Gasteiger partial charge in [-0.15, -0.1) is 0 Å². The van der Waals surface area contributed by atoms with Crippen LogP contribution in [0.1, 0.15) is 38.7 Å². The highest BCUT2D eigenvalue weighted by atomic mass is 32.1. The van der Waals surface area contributed by atoms with Gasteiger partial charge in [0.25, 0.3) is 0 Å². The molecule has 19 heavy (non-hydrogen) atoms. The number of fused-ring (bicyclic) bond motifs is 1. The number of rotatable bonds is 2. The fourth-order valence-corrected chi connectivity index (χ4v) is 4.05. The zero-order chi connectivity index (χ0) is 13.4. The lowest BCUT2D eigenvalue weighted by atomic mass is 9.80. The van der Waals surface area contributed by atoms with Gasteiger partial charge in [-0.1, -0.05) is 31.3 Å². The van der Waals surface area contributed by atoms with Crippen LogP contribution in [0.4, 0.5) is 5.13 Å². The number of aryl methyl sites for hydroxylation is 1. The Morgan fingerprint density at radius 3 is 2.89 bits per heavy atom. The molecule has 1 heterocycles. The maximum Gasteiger partial charge on any atom is 0.184 e. The summed E-state index contributed by atoms with van der Waals surface area (Å²) in [5.41, 5.74) is 2.41. The van der Waals surface area contributed by atoms with Crippen molar-refractivity contribution < 1.29 is 0 Å². The Morgan fingerprint density at radius 1 is 1.26 bits per heavy atom. The van der Waals surface area contributed by atoms with E-state index in [2.05, 4.69) is 44.3 Å². The Bertz CT molecular complexity index is 575. The second-order valence-electron chi connectivity index (χ2n) is 6.14. The Balaban J connectivity index is 1.77. The molecule has 0 saturated heterocycles. The van der Waals surface area contributed by atoms with E-state index >= 15 is 0 Å². The van der Waals surface area contributed by atoms with Crippen LogP contribution < -0.4 is 5.32 Å². The van der Waals surface area contributed by atoms with Crippen molar-refractivity contribution in [3.8, 4) is 0 Å². The molecule has 102 valence electrons. The minimum Gasteiger partial charge on any atom is -0.358 e. The van der Waals surface area contributed by atoms with Crippen molar-refractivity contribution in [3.63, 3.8) is 0 Å². The largest absolute Gasteiger partial charge is 0.358 e. The molecule has 0 spiro atoms. The van der Waals surface area contributed by atoms with E-state index in [9.17, 15) is 0 Å². The van der Waals surface area contributed by atoms with Crippen molar-refractivity contribution in [1.82, 2.24) is 4.98 Å². The first-order valence-corrected chi connectivity index (χ1v) is 8.07. The van der Waals surface area contributed by atoms with Crippen LogP contribution in [0.2, 0.25) is 0 Å². The second kappa shape index (κ2) is 5.12. The number of nitrogens with zero attached hydrogens (tertiary/aromatic N) is 1. The van der Waals surface area contributed by atoms with Crippen LogP contribution in [0.15, 0.2) is 18.2 Å². The molecule has 1 aliphatic carbocycles. The molecule has 3 unspecified atom stereocenters. The Morgan fingerprint density at radius 2 is 2.11 bits per heavy atom. The van der Waals surface area contributed by atoms with Gasteiger partial charge in [-0.25, -0.2) is 4.98 Å². The van der Waals surface area contributed by atoms with Gasteiger partial charge in [-0.3, -0.25) is 0 Å². The van der Waals surface area contributed by atoms with Crippen molar-refractivity contribution in [2.75, 3.05) is 5.32 Å². The van der Waals surface area contributed by atoms with Gasteiger partial charge >= 0.3 is 0 Å². The van der Waals surface area contributed by atoms with Crippen LogP contribution in [0.25, 0.3) is 10.2 Å². The lowest BCUT2D eigenvalue weighted by Gasteiger charge is -2.33. The number of hydrogen-bond donors (Lipinski definition) is 1. The van der Waals surface area contributed by atoms with Crippen molar-refractivity contribution in [2.45, 2.75) is 46.1 Å². The van der Waals surface area contributed by atoms with Crippen LogP contribution >= 0.6 is 11.3 Å². The highest BCUT2D eigenvalue weighted by molar-refractivity contribution is 7.22. The van der Waals surface area contributed by atoms with Gasteiger partial charge < -0.3 is 5.32 Å². The summed E-state index contributed by atoms with van der Waals surface area (Å²) < 4.78 is 1.28. The molecule has 1 aromatic carbocycles. The lowest BCUT2D eigenvalue weighted by molar-refractivity contribution is 0.276. The first-order chi connectivity index (χ1) is 9.11. The van der Waals surface area contributed by atoms with Gasteiger partial charge in [0.2, 0.25) is 0 Å². The van der Waals surface area contributed by atoms with E-state index in [-0.39, 0.29) is 0 Å². The summed E-state index contributed by atoms with van der Waals surface area (Å²) in [6.45, 7) is 6.86. The highest BCUT2D eigenvalue weighted by Gasteiger charge is 2.25.